The maximum atomic E-state index is 13.1. The molecule has 0 saturated carbocycles. The molecule has 6 nitrogen and oxygen atoms in total. The Morgan fingerprint density at radius 3 is 2.48 bits per heavy atom. The molecule has 1 N–H and O–H groups in total. The molecule has 1 aliphatic heterocycles. The van der Waals surface area contributed by atoms with Gasteiger partial charge in [0, 0.05) is 29.9 Å². The zero-order valence-corrected chi connectivity index (χ0v) is 16.6. The lowest BCUT2D eigenvalue weighted by Crippen LogP contribution is -2.20. The standard InChI is InChI=1S/C20H25NO5S/c1-13-14(20(24)18-15(22)7-6-8-16(18)23)9-10-17(26-2)19(13)21-27(25)11-4-3-5-12-27/h9-10,22H,3-8,11-12H2,1-2H3. The number of ketones is 2. The van der Waals surface area contributed by atoms with Crippen molar-refractivity contribution in [1.29, 1.82) is 0 Å². The summed E-state index contributed by atoms with van der Waals surface area (Å²) >= 11 is 0. The van der Waals surface area contributed by atoms with Crippen molar-refractivity contribution in [3.63, 3.8) is 0 Å². The highest BCUT2D eigenvalue weighted by molar-refractivity contribution is 7.93. The predicted molar refractivity (Wildman–Crippen MR) is 104 cm³/mol. The van der Waals surface area contributed by atoms with E-state index in [1.54, 1.807) is 19.1 Å². The summed E-state index contributed by atoms with van der Waals surface area (Å²) in [4.78, 5) is 25.1. The number of hydrogen-bond donors (Lipinski definition) is 1. The number of nitrogens with zero attached hydrogens (tertiary/aromatic N) is 1. The van der Waals surface area contributed by atoms with E-state index in [0.29, 0.717) is 41.3 Å². The second kappa shape index (κ2) is 7.84. The molecule has 0 spiro atoms. The molecule has 146 valence electrons. The maximum Gasteiger partial charge on any atom is 0.200 e. The number of ether oxygens (including phenoxy) is 1. The Hall–Kier alpha value is -2.15. The number of rotatable bonds is 4. The van der Waals surface area contributed by atoms with Gasteiger partial charge in [-0.3, -0.25) is 9.59 Å². The molecule has 1 saturated heterocycles. The molecule has 1 aromatic rings. The monoisotopic (exact) mass is 391 g/mol. The van der Waals surface area contributed by atoms with E-state index >= 15 is 0 Å². The van der Waals surface area contributed by atoms with Gasteiger partial charge in [-0.1, -0.05) is 6.42 Å². The van der Waals surface area contributed by atoms with E-state index < -0.39 is 15.5 Å². The summed E-state index contributed by atoms with van der Waals surface area (Å²) in [6.07, 6.45) is 3.93. The molecular formula is C20H25NO5S. The molecule has 0 radical (unpaired) electrons. The van der Waals surface area contributed by atoms with Crippen LogP contribution < -0.4 is 4.74 Å². The zero-order chi connectivity index (χ0) is 19.6. The molecule has 7 heteroatoms. The highest BCUT2D eigenvalue weighted by Crippen LogP contribution is 2.37. The number of carbonyl (C=O) groups excluding carboxylic acids is 2. The predicted octanol–water partition coefficient (Wildman–Crippen LogP) is 4.03. The van der Waals surface area contributed by atoms with Crippen LogP contribution in [0.2, 0.25) is 0 Å². The molecule has 0 unspecified atom stereocenters. The second-order valence-electron chi connectivity index (χ2n) is 7.05. The number of benzene rings is 1. The first kappa shape index (κ1) is 19.6. The van der Waals surface area contributed by atoms with E-state index in [-0.39, 0.29) is 29.1 Å². The number of carbonyl (C=O) groups is 2. The first-order chi connectivity index (χ1) is 12.9. The van der Waals surface area contributed by atoms with Crippen molar-refractivity contribution >= 4 is 27.0 Å². The Kier molecular flexibility index (Phi) is 5.69. The number of methoxy groups -OCH3 is 1. The highest BCUT2D eigenvalue weighted by atomic mass is 32.2. The third kappa shape index (κ3) is 3.93. The molecule has 1 fully saturated rings. The summed E-state index contributed by atoms with van der Waals surface area (Å²) in [5.74, 6) is 0.535. The van der Waals surface area contributed by atoms with E-state index in [9.17, 15) is 18.9 Å². The van der Waals surface area contributed by atoms with Crippen LogP contribution in [0.3, 0.4) is 0 Å². The van der Waals surface area contributed by atoms with Crippen LogP contribution in [0.4, 0.5) is 5.69 Å². The van der Waals surface area contributed by atoms with E-state index in [0.717, 1.165) is 19.3 Å². The van der Waals surface area contributed by atoms with Crippen molar-refractivity contribution in [2.24, 2.45) is 4.36 Å². The Morgan fingerprint density at radius 2 is 1.85 bits per heavy atom. The Morgan fingerprint density at radius 1 is 1.15 bits per heavy atom. The van der Waals surface area contributed by atoms with Gasteiger partial charge >= 0.3 is 0 Å². The lowest BCUT2D eigenvalue weighted by atomic mass is 9.88. The van der Waals surface area contributed by atoms with Crippen molar-refractivity contribution in [3.8, 4) is 5.75 Å². The van der Waals surface area contributed by atoms with Gasteiger partial charge in [-0.2, -0.15) is 4.36 Å². The maximum absolute atomic E-state index is 13.1. The average Bonchev–Trinajstić information content (AvgIpc) is 2.63. The third-order valence-electron chi connectivity index (χ3n) is 5.15. The van der Waals surface area contributed by atoms with Crippen LogP contribution in [0.25, 0.3) is 0 Å². The van der Waals surface area contributed by atoms with Crippen LogP contribution in [0.1, 0.15) is 54.4 Å². The zero-order valence-electron chi connectivity index (χ0n) is 15.7. The van der Waals surface area contributed by atoms with Crippen molar-refractivity contribution in [2.45, 2.75) is 45.4 Å². The fourth-order valence-corrected chi connectivity index (χ4v) is 5.87. The fraction of sp³-hybridized carbons (Fsp3) is 0.500. The van der Waals surface area contributed by atoms with E-state index in [1.807, 2.05) is 0 Å². The summed E-state index contributed by atoms with van der Waals surface area (Å²) in [5.41, 5.74) is 1.07. The third-order valence-corrected chi connectivity index (χ3v) is 7.52. The Labute approximate surface area is 159 Å². The summed E-state index contributed by atoms with van der Waals surface area (Å²) in [6.45, 7) is 1.71. The molecule has 2 aliphatic rings. The van der Waals surface area contributed by atoms with E-state index in [2.05, 4.69) is 4.36 Å². The van der Waals surface area contributed by atoms with Crippen molar-refractivity contribution in [3.05, 3.63) is 34.6 Å². The molecule has 1 aromatic carbocycles. The molecule has 0 aromatic heterocycles. The molecule has 3 rings (SSSR count). The van der Waals surface area contributed by atoms with E-state index in [4.69, 9.17) is 4.74 Å². The fourth-order valence-electron chi connectivity index (χ4n) is 3.61. The summed E-state index contributed by atoms with van der Waals surface area (Å²) < 4.78 is 23.0. The molecule has 27 heavy (non-hydrogen) atoms. The number of aliphatic hydroxyl groups excluding tert-OH is 1. The van der Waals surface area contributed by atoms with Crippen molar-refractivity contribution in [2.75, 3.05) is 18.6 Å². The minimum Gasteiger partial charge on any atom is -0.511 e. The van der Waals surface area contributed by atoms with Gasteiger partial charge in [0.2, 0.25) is 0 Å². The van der Waals surface area contributed by atoms with Crippen molar-refractivity contribution < 1.29 is 23.6 Å². The van der Waals surface area contributed by atoms with Gasteiger partial charge in [0.05, 0.1) is 16.8 Å². The van der Waals surface area contributed by atoms with Crippen LogP contribution in [-0.2, 0) is 14.5 Å². The minimum absolute atomic E-state index is 0.137. The van der Waals surface area contributed by atoms with Gasteiger partial charge in [0.15, 0.2) is 11.6 Å². The molecule has 0 bridgehead atoms. The summed E-state index contributed by atoms with van der Waals surface area (Å²) in [5, 5.41) is 10.1. The summed E-state index contributed by atoms with van der Waals surface area (Å²) in [6, 6.07) is 3.18. The van der Waals surface area contributed by atoms with Gasteiger partial charge in [-0.15, -0.1) is 0 Å². The van der Waals surface area contributed by atoms with Crippen LogP contribution in [0.5, 0.6) is 5.75 Å². The molecule has 0 atom stereocenters. The SMILES string of the molecule is COc1ccc(C(=O)C2=C(O)CCCC2=O)c(C)c1N=S1(=O)CCCCC1. The quantitative estimate of drug-likeness (QED) is 0.618. The van der Waals surface area contributed by atoms with Gasteiger partial charge in [0.1, 0.15) is 22.8 Å². The van der Waals surface area contributed by atoms with Crippen LogP contribution in [0.15, 0.2) is 27.8 Å². The second-order valence-corrected chi connectivity index (χ2v) is 9.59. The van der Waals surface area contributed by atoms with Crippen molar-refractivity contribution in [1.82, 2.24) is 0 Å². The number of Topliss-reactive ketones (excluding diaryl/α,β-unsaturated/α-hetero) is 2. The van der Waals surface area contributed by atoms with Crippen LogP contribution in [-0.4, -0.2) is 39.5 Å². The lowest BCUT2D eigenvalue weighted by molar-refractivity contribution is -0.116. The Balaban J connectivity index is 2.11. The Bertz CT molecular complexity index is 926. The number of allylic oxidation sites excluding steroid dienone is 2. The average molecular weight is 391 g/mol. The van der Waals surface area contributed by atoms with Gasteiger partial charge < -0.3 is 9.84 Å². The summed E-state index contributed by atoms with van der Waals surface area (Å²) in [7, 11) is -0.880. The molecule has 1 aliphatic carbocycles. The first-order valence-corrected chi connectivity index (χ1v) is 11.1. The highest BCUT2D eigenvalue weighted by Gasteiger charge is 2.29. The lowest BCUT2D eigenvalue weighted by Gasteiger charge is -2.19. The van der Waals surface area contributed by atoms with Crippen LogP contribution >= 0.6 is 0 Å². The number of hydrogen-bond acceptors (Lipinski definition) is 6. The first-order valence-electron chi connectivity index (χ1n) is 9.26. The van der Waals surface area contributed by atoms with Gasteiger partial charge in [-0.05, 0) is 43.9 Å². The topological polar surface area (TPSA) is 93.0 Å². The van der Waals surface area contributed by atoms with E-state index in [1.165, 1.54) is 7.11 Å². The smallest absolute Gasteiger partial charge is 0.200 e. The normalized spacial score (nSPS) is 19.7. The largest absolute Gasteiger partial charge is 0.511 e. The minimum atomic E-state index is -2.38. The molecular weight excluding hydrogens is 366 g/mol. The van der Waals surface area contributed by atoms with Gasteiger partial charge in [0.25, 0.3) is 0 Å². The molecule has 1 heterocycles. The number of aliphatic hydroxyl groups is 1. The van der Waals surface area contributed by atoms with Gasteiger partial charge in [-0.25, -0.2) is 4.21 Å². The molecule has 0 amide bonds. The van der Waals surface area contributed by atoms with Crippen LogP contribution in [0, 0.1) is 6.92 Å².